The van der Waals surface area contributed by atoms with E-state index in [-0.39, 0.29) is 5.57 Å². The van der Waals surface area contributed by atoms with Crippen molar-refractivity contribution in [2.45, 2.75) is 13.5 Å². The van der Waals surface area contributed by atoms with Crippen LogP contribution in [0.25, 0.3) is 6.08 Å². The number of hydrogen-bond acceptors (Lipinski definition) is 4. The number of ether oxygens (including phenoxy) is 1. The number of carbonyl (C=O) groups excluding carboxylic acids is 3. The molecule has 2 N–H and O–H groups in total. The average Bonchev–Trinajstić information content (AvgIpc) is 2.58. The highest BCUT2D eigenvalue weighted by Crippen LogP contribution is 2.35. The topological polar surface area (TPSA) is 84.5 Å². The third-order valence-corrected chi connectivity index (χ3v) is 4.83. The Morgan fingerprint density at radius 3 is 2.26 bits per heavy atom. The van der Waals surface area contributed by atoms with E-state index >= 15 is 0 Å². The zero-order chi connectivity index (χ0) is 19.6. The first-order valence-corrected chi connectivity index (χ1v) is 9.48. The van der Waals surface area contributed by atoms with Gasteiger partial charge in [-0.25, -0.2) is 4.79 Å². The third-order valence-electron chi connectivity index (χ3n) is 3.78. The predicted molar refractivity (Wildman–Crippen MR) is 107 cm³/mol. The molecule has 1 aliphatic heterocycles. The first kappa shape index (κ1) is 19.3. The van der Waals surface area contributed by atoms with Crippen LogP contribution in [0.3, 0.4) is 0 Å². The van der Waals surface area contributed by atoms with Gasteiger partial charge in [-0.3, -0.25) is 20.2 Å². The zero-order valence-electron chi connectivity index (χ0n) is 14.1. The molecule has 4 amide bonds. The minimum absolute atomic E-state index is 0.181. The Morgan fingerprint density at radius 2 is 1.63 bits per heavy atom. The molecule has 8 heteroatoms. The first-order chi connectivity index (χ1) is 12.8. The number of barbiturate groups is 1. The monoisotopic (exact) mass is 492 g/mol. The maximum Gasteiger partial charge on any atom is 0.328 e. The number of aryl methyl sites for hydroxylation is 1. The van der Waals surface area contributed by atoms with Gasteiger partial charge in [0, 0.05) is 10.0 Å². The summed E-state index contributed by atoms with van der Waals surface area (Å²) < 4.78 is 7.33. The van der Waals surface area contributed by atoms with Crippen molar-refractivity contribution in [2.24, 2.45) is 0 Å². The van der Waals surface area contributed by atoms with Crippen LogP contribution in [-0.4, -0.2) is 17.8 Å². The molecule has 138 valence electrons. The SMILES string of the molecule is Cc1ccc(COc2c(Br)cc(Br)cc2C=C2C(=O)NC(=O)NC2=O)cc1. The van der Waals surface area contributed by atoms with E-state index in [0.29, 0.717) is 22.4 Å². The minimum Gasteiger partial charge on any atom is -0.487 e. The van der Waals surface area contributed by atoms with Gasteiger partial charge in [0.25, 0.3) is 11.8 Å². The van der Waals surface area contributed by atoms with Crippen LogP contribution >= 0.6 is 31.9 Å². The molecule has 0 aromatic heterocycles. The smallest absolute Gasteiger partial charge is 0.328 e. The Bertz CT molecular complexity index is 946. The van der Waals surface area contributed by atoms with E-state index in [2.05, 4.69) is 31.9 Å². The summed E-state index contributed by atoms with van der Waals surface area (Å²) in [4.78, 5) is 35.2. The maximum absolute atomic E-state index is 12.0. The molecule has 1 aliphatic rings. The van der Waals surface area contributed by atoms with E-state index in [1.54, 1.807) is 12.1 Å². The highest BCUT2D eigenvalue weighted by Gasteiger charge is 2.28. The Morgan fingerprint density at radius 1 is 1.00 bits per heavy atom. The van der Waals surface area contributed by atoms with E-state index in [0.717, 1.165) is 15.6 Å². The molecule has 27 heavy (non-hydrogen) atoms. The summed E-state index contributed by atoms with van der Waals surface area (Å²) in [6.45, 7) is 2.32. The van der Waals surface area contributed by atoms with Gasteiger partial charge in [-0.1, -0.05) is 45.8 Å². The first-order valence-electron chi connectivity index (χ1n) is 7.89. The van der Waals surface area contributed by atoms with E-state index in [9.17, 15) is 14.4 Å². The van der Waals surface area contributed by atoms with Crippen molar-refractivity contribution in [1.29, 1.82) is 0 Å². The van der Waals surface area contributed by atoms with E-state index in [1.165, 1.54) is 6.08 Å². The van der Waals surface area contributed by atoms with Gasteiger partial charge < -0.3 is 4.74 Å². The summed E-state index contributed by atoms with van der Waals surface area (Å²) in [5, 5.41) is 4.10. The Labute approximate surface area is 172 Å². The molecule has 0 spiro atoms. The second-order valence-electron chi connectivity index (χ2n) is 5.88. The number of hydrogen-bond donors (Lipinski definition) is 2. The second-order valence-corrected chi connectivity index (χ2v) is 7.65. The van der Waals surface area contributed by atoms with Crippen molar-refractivity contribution in [1.82, 2.24) is 10.6 Å². The zero-order valence-corrected chi connectivity index (χ0v) is 17.3. The van der Waals surface area contributed by atoms with E-state index in [1.807, 2.05) is 41.8 Å². The summed E-state index contributed by atoms with van der Waals surface area (Å²) in [5.41, 5.74) is 2.46. The van der Waals surface area contributed by atoms with Crippen LogP contribution in [0.15, 0.2) is 50.9 Å². The maximum atomic E-state index is 12.0. The van der Waals surface area contributed by atoms with Crippen molar-refractivity contribution in [3.63, 3.8) is 0 Å². The number of urea groups is 1. The second kappa shape index (κ2) is 8.06. The fraction of sp³-hybridized carbons (Fsp3) is 0.105. The summed E-state index contributed by atoms with van der Waals surface area (Å²) in [7, 11) is 0. The van der Waals surface area contributed by atoms with Gasteiger partial charge in [-0.15, -0.1) is 0 Å². The van der Waals surface area contributed by atoms with Crippen molar-refractivity contribution >= 4 is 55.8 Å². The predicted octanol–water partition coefficient (Wildman–Crippen LogP) is 3.85. The molecule has 6 nitrogen and oxygen atoms in total. The van der Waals surface area contributed by atoms with Crippen LogP contribution in [0.2, 0.25) is 0 Å². The summed E-state index contributed by atoms with van der Waals surface area (Å²) in [5.74, 6) is -1.04. The van der Waals surface area contributed by atoms with E-state index < -0.39 is 17.8 Å². The van der Waals surface area contributed by atoms with Gasteiger partial charge in [-0.2, -0.15) is 0 Å². The number of rotatable bonds is 4. The van der Waals surface area contributed by atoms with Crippen molar-refractivity contribution in [3.05, 3.63) is 67.6 Å². The quantitative estimate of drug-likeness (QED) is 0.500. The molecule has 0 atom stereocenters. The van der Waals surface area contributed by atoms with Crippen LogP contribution in [0, 0.1) is 6.92 Å². The molecule has 2 aromatic rings. The molecule has 0 saturated carbocycles. The molecule has 2 aromatic carbocycles. The number of amides is 4. The Hall–Kier alpha value is -2.45. The fourth-order valence-electron chi connectivity index (χ4n) is 2.44. The molecule has 3 rings (SSSR count). The Kier molecular flexibility index (Phi) is 5.76. The lowest BCUT2D eigenvalue weighted by Crippen LogP contribution is -2.51. The van der Waals surface area contributed by atoms with Gasteiger partial charge in [0.2, 0.25) is 0 Å². The molecular formula is C19H14Br2N2O4. The molecule has 0 bridgehead atoms. The lowest BCUT2D eigenvalue weighted by atomic mass is 10.1. The van der Waals surface area contributed by atoms with Crippen LogP contribution in [0.1, 0.15) is 16.7 Å². The van der Waals surface area contributed by atoms with E-state index in [4.69, 9.17) is 4.74 Å². The van der Waals surface area contributed by atoms with Gasteiger partial charge >= 0.3 is 6.03 Å². The fourth-order valence-corrected chi connectivity index (χ4v) is 3.81. The van der Waals surface area contributed by atoms with Crippen molar-refractivity contribution in [3.8, 4) is 5.75 Å². The summed E-state index contributed by atoms with van der Waals surface area (Å²) in [6.07, 6.45) is 1.39. The number of benzene rings is 2. The van der Waals surface area contributed by atoms with Gasteiger partial charge in [-0.05, 0) is 46.6 Å². The van der Waals surface area contributed by atoms with Crippen molar-refractivity contribution in [2.75, 3.05) is 0 Å². The van der Waals surface area contributed by atoms with Gasteiger partial charge in [0.15, 0.2) is 0 Å². The number of halogens is 2. The molecular weight excluding hydrogens is 480 g/mol. The number of carbonyl (C=O) groups is 3. The van der Waals surface area contributed by atoms with Gasteiger partial charge in [0.1, 0.15) is 17.9 Å². The molecule has 0 aliphatic carbocycles. The molecule has 1 fully saturated rings. The lowest BCUT2D eigenvalue weighted by Gasteiger charge is -2.16. The Balaban J connectivity index is 1.94. The van der Waals surface area contributed by atoms with Crippen LogP contribution in [0.5, 0.6) is 5.75 Å². The van der Waals surface area contributed by atoms with Gasteiger partial charge in [0.05, 0.1) is 4.47 Å². The summed E-state index contributed by atoms with van der Waals surface area (Å²) in [6, 6.07) is 10.6. The average molecular weight is 494 g/mol. The summed E-state index contributed by atoms with van der Waals surface area (Å²) >= 11 is 6.83. The number of imide groups is 2. The molecule has 0 unspecified atom stereocenters. The molecule has 1 saturated heterocycles. The minimum atomic E-state index is -0.839. The highest BCUT2D eigenvalue weighted by atomic mass is 79.9. The lowest BCUT2D eigenvalue weighted by molar-refractivity contribution is -0.123. The standard InChI is InChI=1S/C19H14Br2N2O4/c1-10-2-4-11(5-3-10)9-27-16-12(6-13(20)8-15(16)21)7-14-17(24)22-19(26)23-18(14)25/h2-8H,9H2,1H3,(H2,22,23,24,25,26). The largest absolute Gasteiger partial charge is 0.487 e. The third kappa shape index (κ3) is 4.64. The highest BCUT2D eigenvalue weighted by molar-refractivity contribution is 9.11. The number of nitrogens with one attached hydrogen (secondary N) is 2. The normalized spacial score (nSPS) is 13.9. The van der Waals surface area contributed by atoms with Crippen LogP contribution in [0.4, 0.5) is 4.79 Å². The van der Waals surface area contributed by atoms with Crippen LogP contribution < -0.4 is 15.4 Å². The molecule has 1 heterocycles. The van der Waals surface area contributed by atoms with Crippen molar-refractivity contribution < 1.29 is 19.1 Å². The van der Waals surface area contributed by atoms with Crippen LogP contribution in [-0.2, 0) is 16.2 Å². The molecule has 0 radical (unpaired) electrons.